The lowest BCUT2D eigenvalue weighted by Gasteiger charge is -2.34. The average molecular weight is 430 g/mol. The number of hydrogen-bond donors (Lipinski definition) is 4. The molecule has 0 bridgehead atoms. The number of nitrogens with one attached hydrogen (secondary N) is 2. The zero-order valence-electron chi connectivity index (χ0n) is 17.7. The number of aryl methyl sites for hydroxylation is 1. The van der Waals surface area contributed by atoms with Gasteiger partial charge in [0.25, 0.3) is 5.91 Å². The first-order valence-corrected chi connectivity index (χ1v) is 9.75. The van der Waals surface area contributed by atoms with Crippen molar-refractivity contribution in [3.05, 3.63) is 71.6 Å². The van der Waals surface area contributed by atoms with Gasteiger partial charge < -0.3 is 9.84 Å². The van der Waals surface area contributed by atoms with Crippen LogP contribution in [0.1, 0.15) is 43.9 Å². The number of phenolic OH excluding ortho intramolecular Hbond substituents is 1. The van der Waals surface area contributed by atoms with Gasteiger partial charge in [-0.2, -0.15) is 0 Å². The zero-order valence-corrected chi connectivity index (χ0v) is 17.7. The van der Waals surface area contributed by atoms with Crippen molar-refractivity contribution in [2.45, 2.75) is 39.7 Å². The Morgan fingerprint density at radius 3 is 2.48 bits per heavy atom. The van der Waals surface area contributed by atoms with Gasteiger partial charge in [0.1, 0.15) is 6.10 Å². The summed E-state index contributed by atoms with van der Waals surface area (Å²) in [5, 5.41) is 20.7. The highest BCUT2D eigenvalue weighted by atomic mass is 19.1. The number of amides is 2. The summed E-state index contributed by atoms with van der Waals surface area (Å²) in [6, 6.07) is 11.0. The lowest BCUT2D eigenvalue weighted by Crippen LogP contribution is -2.29. The van der Waals surface area contributed by atoms with Crippen LogP contribution in [0.25, 0.3) is 0 Å². The SMILES string of the molecule is Cc1ccc(NC(=O)O[C@H](c2ccc(O)c(F)c2)C(C)(C)CC/C=C/C(=O)NO)cc1. The van der Waals surface area contributed by atoms with Gasteiger partial charge in [-0.1, -0.05) is 43.7 Å². The molecule has 166 valence electrons. The number of carbonyl (C=O) groups excluding carboxylic acids is 2. The summed E-state index contributed by atoms with van der Waals surface area (Å²) in [4.78, 5) is 23.7. The summed E-state index contributed by atoms with van der Waals surface area (Å²) in [5.41, 5.74) is 2.83. The molecule has 0 saturated heterocycles. The van der Waals surface area contributed by atoms with Gasteiger partial charge in [0.2, 0.25) is 0 Å². The van der Waals surface area contributed by atoms with Crippen molar-refractivity contribution in [3.63, 3.8) is 0 Å². The quantitative estimate of drug-likeness (QED) is 0.268. The Bertz CT molecular complexity index is 941. The van der Waals surface area contributed by atoms with Gasteiger partial charge in [-0.05, 0) is 49.6 Å². The molecule has 2 rings (SSSR count). The molecule has 7 nitrogen and oxygen atoms in total. The maximum Gasteiger partial charge on any atom is 0.412 e. The van der Waals surface area contributed by atoms with Crippen LogP contribution in [0.2, 0.25) is 0 Å². The van der Waals surface area contributed by atoms with E-state index in [1.165, 1.54) is 23.7 Å². The molecule has 0 radical (unpaired) electrons. The van der Waals surface area contributed by atoms with Crippen LogP contribution in [0.4, 0.5) is 14.9 Å². The fourth-order valence-corrected chi connectivity index (χ4v) is 3.07. The molecule has 0 saturated carbocycles. The van der Waals surface area contributed by atoms with Gasteiger partial charge in [-0.25, -0.2) is 14.7 Å². The molecule has 0 heterocycles. The number of phenols is 1. The summed E-state index contributed by atoms with van der Waals surface area (Å²) in [6.45, 7) is 5.63. The number of hydrogen-bond acceptors (Lipinski definition) is 5. The standard InChI is InChI=1S/C23H27FN2O5/c1-15-7-10-17(11-8-15)25-22(29)31-21(16-9-12-19(27)18(24)14-16)23(2,3)13-5-4-6-20(28)26-30/h4,6-12,14,21,27,30H,5,13H2,1-3H3,(H,25,29)(H,26,28)/b6-4+/t21-/m1/s1. The fraction of sp³-hybridized carbons (Fsp3) is 0.304. The molecular formula is C23H27FN2O5. The van der Waals surface area contributed by atoms with E-state index < -0.39 is 35.1 Å². The lowest BCUT2D eigenvalue weighted by atomic mass is 9.78. The Balaban J connectivity index is 2.21. The van der Waals surface area contributed by atoms with Crippen LogP contribution in [0.5, 0.6) is 5.75 Å². The van der Waals surface area contributed by atoms with Crippen LogP contribution in [0.15, 0.2) is 54.6 Å². The number of hydroxylamine groups is 1. The fourth-order valence-electron chi connectivity index (χ4n) is 3.07. The van der Waals surface area contributed by atoms with E-state index in [4.69, 9.17) is 9.94 Å². The van der Waals surface area contributed by atoms with Gasteiger partial charge in [-0.3, -0.25) is 15.3 Å². The number of halogens is 1. The van der Waals surface area contributed by atoms with Crippen molar-refractivity contribution in [1.29, 1.82) is 0 Å². The minimum absolute atomic E-state index is 0.386. The molecule has 0 spiro atoms. The molecule has 0 aliphatic heterocycles. The van der Waals surface area contributed by atoms with Crippen LogP contribution in [0.3, 0.4) is 0 Å². The first-order valence-electron chi connectivity index (χ1n) is 9.75. The van der Waals surface area contributed by atoms with E-state index in [0.29, 0.717) is 24.1 Å². The number of allylic oxidation sites excluding steroid dienone is 1. The molecule has 0 aliphatic carbocycles. The highest BCUT2D eigenvalue weighted by molar-refractivity contribution is 5.86. The Kier molecular flexibility index (Phi) is 8.15. The van der Waals surface area contributed by atoms with Crippen LogP contribution in [-0.2, 0) is 9.53 Å². The minimum atomic E-state index is -0.840. The Morgan fingerprint density at radius 1 is 1.19 bits per heavy atom. The third-order valence-electron chi connectivity index (χ3n) is 4.84. The Hall–Kier alpha value is -3.39. The maximum absolute atomic E-state index is 14.0. The van der Waals surface area contributed by atoms with E-state index in [1.54, 1.807) is 18.2 Å². The van der Waals surface area contributed by atoms with Crippen molar-refractivity contribution >= 4 is 17.7 Å². The third-order valence-corrected chi connectivity index (χ3v) is 4.84. The van der Waals surface area contributed by atoms with E-state index in [-0.39, 0.29) is 0 Å². The molecule has 0 fully saturated rings. The summed E-state index contributed by atoms with van der Waals surface area (Å²) in [6.07, 6.45) is 2.15. The molecule has 31 heavy (non-hydrogen) atoms. The molecule has 1 atom stereocenters. The van der Waals surface area contributed by atoms with Crippen LogP contribution in [0, 0.1) is 18.2 Å². The smallest absolute Gasteiger partial charge is 0.412 e. The largest absolute Gasteiger partial charge is 0.505 e. The molecule has 0 aromatic heterocycles. The summed E-state index contributed by atoms with van der Waals surface area (Å²) in [5.74, 6) is -1.97. The summed E-state index contributed by atoms with van der Waals surface area (Å²) < 4.78 is 19.7. The number of aromatic hydroxyl groups is 1. The molecule has 0 aliphatic rings. The molecule has 0 unspecified atom stereocenters. The highest BCUT2D eigenvalue weighted by Gasteiger charge is 2.34. The monoisotopic (exact) mass is 430 g/mol. The van der Waals surface area contributed by atoms with Crippen molar-refractivity contribution in [2.75, 3.05) is 5.32 Å². The lowest BCUT2D eigenvalue weighted by molar-refractivity contribution is -0.124. The van der Waals surface area contributed by atoms with Crippen LogP contribution in [-0.4, -0.2) is 22.3 Å². The summed E-state index contributed by atoms with van der Waals surface area (Å²) in [7, 11) is 0. The van der Waals surface area contributed by atoms with Gasteiger partial charge in [0.15, 0.2) is 11.6 Å². The number of ether oxygens (including phenoxy) is 1. The van der Waals surface area contributed by atoms with Crippen molar-refractivity contribution in [3.8, 4) is 5.75 Å². The van der Waals surface area contributed by atoms with Crippen molar-refractivity contribution in [2.24, 2.45) is 5.41 Å². The third kappa shape index (κ3) is 7.11. The molecular weight excluding hydrogens is 403 g/mol. The minimum Gasteiger partial charge on any atom is -0.505 e. The Morgan fingerprint density at radius 2 is 1.87 bits per heavy atom. The zero-order chi connectivity index (χ0) is 23.0. The summed E-state index contributed by atoms with van der Waals surface area (Å²) >= 11 is 0. The van der Waals surface area contributed by atoms with Crippen LogP contribution >= 0.6 is 0 Å². The van der Waals surface area contributed by atoms with E-state index in [2.05, 4.69) is 5.32 Å². The number of benzene rings is 2. The van der Waals surface area contributed by atoms with Crippen molar-refractivity contribution in [1.82, 2.24) is 5.48 Å². The molecule has 2 aromatic rings. The van der Waals surface area contributed by atoms with E-state index >= 15 is 0 Å². The number of rotatable bonds is 8. The van der Waals surface area contributed by atoms with Gasteiger partial charge in [0, 0.05) is 17.2 Å². The number of anilines is 1. The van der Waals surface area contributed by atoms with Crippen molar-refractivity contribution < 1.29 is 29.0 Å². The highest BCUT2D eigenvalue weighted by Crippen LogP contribution is 2.41. The van der Waals surface area contributed by atoms with E-state index in [9.17, 15) is 19.1 Å². The number of carbonyl (C=O) groups is 2. The van der Waals surface area contributed by atoms with Gasteiger partial charge in [-0.15, -0.1) is 0 Å². The first-order chi connectivity index (χ1) is 14.6. The van der Waals surface area contributed by atoms with Crippen LogP contribution < -0.4 is 10.8 Å². The first kappa shape index (κ1) is 23.9. The van der Waals surface area contributed by atoms with Gasteiger partial charge >= 0.3 is 6.09 Å². The molecule has 8 heteroatoms. The Labute approximate surface area is 180 Å². The normalized spacial score (nSPS) is 12.4. The van der Waals surface area contributed by atoms with Gasteiger partial charge in [0.05, 0.1) is 0 Å². The molecule has 2 aromatic carbocycles. The second-order valence-corrected chi connectivity index (χ2v) is 7.89. The molecule has 4 N–H and O–H groups in total. The topological polar surface area (TPSA) is 108 Å². The predicted octanol–water partition coefficient (Wildman–Crippen LogP) is 5.00. The molecule has 2 amide bonds. The predicted molar refractivity (Wildman–Crippen MR) is 114 cm³/mol. The average Bonchev–Trinajstić information content (AvgIpc) is 2.73. The maximum atomic E-state index is 14.0. The second-order valence-electron chi connectivity index (χ2n) is 7.89. The second kappa shape index (κ2) is 10.6. The van der Waals surface area contributed by atoms with E-state index in [1.807, 2.05) is 32.9 Å². The van der Waals surface area contributed by atoms with E-state index in [0.717, 1.165) is 11.6 Å².